The number of ether oxygens (including phenoxy) is 1. The van der Waals surface area contributed by atoms with E-state index < -0.39 is 5.97 Å². The van der Waals surface area contributed by atoms with E-state index in [1.807, 2.05) is 0 Å². The van der Waals surface area contributed by atoms with E-state index in [0.717, 1.165) is 39.3 Å². The number of hydrazine groups is 1. The van der Waals surface area contributed by atoms with Gasteiger partial charge in [0.05, 0.1) is 19.1 Å². The Morgan fingerprint density at radius 1 is 1.21 bits per heavy atom. The standard InChI is InChI=1S/C9H16N2O3/c12-9(13)8-1-2-11(7-8)10-3-5-14-6-4-10/h8H,1-7H2,(H,12,13). The minimum Gasteiger partial charge on any atom is -0.481 e. The monoisotopic (exact) mass is 200 g/mol. The molecule has 0 saturated carbocycles. The summed E-state index contributed by atoms with van der Waals surface area (Å²) >= 11 is 0. The van der Waals surface area contributed by atoms with E-state index in [1.54, 1.807) is 0 Å². The zero-order valence-corrected chi connectivity index (χ0v) is 8.19. The maximum atomic E-state index is 10.8. The van der Waals surface area contributed by atoms with Crippen LogP contribution in [0.2, 0.25) is 0 Å². The molecule has 0 aromatic heterocycles. The predicted octanol–water partition coefficient (Wildman–Crippen LogP) is -0.360. The van der Waals surface area contributed by atoms with Crippen LogP contribution in [-0.4, -0.2) is 60.5 Å². The van der Waals surface area contributed by atoms with Gasteiger partial charge in [0, 0.05) is 26.2 Å². The second kappa shape index (κ2) is 4.25. The molecule has 0 radical (unpaired) electrons. The van der Waals surface area contributed by atoms with E-state index in [-0.39, 0.29) is 5.92 Å². The Balaban J connectivity index is 1.85. The smallest absolute Gasteiger partial charge is 0.307 e. The van der Waals surface area contributed by atoms with Crippen LogP contribution in [-0.2, 0) is 9.53 Å². The fourth-order valence-electron chi connectivity index (χ4n) is 2.04. The van der Waals surface area contributed by atoms with Crippen molar-refractivity contribution in [2.45, 2.75) is 6.42 Å². The normalized spacial score (nSPS) is 30.7. The summed E-state index contributed by atoms with van der Waals surface area (Å²) < 4.78 is 5.25. The minimum absolute atomic E-state index is 0.183. The number of aliphatic carboxylic acids is 1. The Morgan fingerprint density at radius 2 is 1.93 bits per heavy atom. The number of morpholine rings is 1. The first-order valence-corrected chi connectivity index (χ1v) is 5.08. The van der Waals surface area contributed by atoms with Gasteiger partial charge in [0.25, 0.3) is 0 Å². The largest absolute Gasteiger partial charge is 0.481 e. The van der Waals surface area contributed by atoms with Crippen molar-refractivity contribution in [2.24, 2.45) is 5.92 Å². The van der Waals surface area contributed by atoms with Crippen LogP contribution in [0.25, 0.3) is 0 Å². The minimum atomic E-state index is -0.666. The molecule has 2 aliphatic heterocycles. The third kappa shape index (κ3) is 2.05. The summed E-state index contributed by atoms with van der Waals surface area (Å²) in [6.45, 7) is 4.84. The molecule has 0 spiro atoms. The molecule has 5 nitrogen and oxygen atoms in total. The molecule has 2 saturated heterocycles. The quantitative estimate of drug-likeness (QED) is 0.659. The lowest BCUT2D eigenvalue weighted by Gasteiger charge is -2.34. The number of nitrogens with zero attached hydrogens (tertiary/aromatic N) is 2. The Kier molecular flexibility index (Phi) is 3.00. The highest BCUT2D eigenvalue weighted by Crippen LogP contribution is 2.18. The molecule has 0 aromatic carbocycles. The molecule has 0 amide bonds. The van der Waals surface area contributed by atoms with E-state index in [0.29, 0.717) is 6.54 Å². The second-order valence-corrected chi connectivity index (χ2v) is 3.80. The van der Waals surface area contributed by atoms with Gasteiger partial charge in [0.2, 0.25) is 0 Å². The average molecular weight is 200 g/mol. The van der Waals surface area contributed by atoms with Gasteiger partial charge in [-0.25, -0.2) is 10.0 Å². The van der Waals surface area contributed by atoms with Crippen LogP contribution in [0, 0.1) is 5.92 Å². The van der Waals surface area contributed by atoms with Crippen molar-refractivity contribution >= 4 is 5.97 Å². The molecule has 1 unspecified atom stereocenters. The highest BCUT2D eigenvalue weighted by molar-refractivity contribution is 5.70. The van der Waals surface area contributed by atoms with Crippen LogP contribution in [0.5, 0.6) is 0 Å². The molecule has 1 atom stereocenters. The number of rotatable bonds is 2. The van der Waals surface area contributed by atoms with Crippen LogP contribution < -0.4 is 0 Å². The summed E-state index contributed by atoms with van der Waals surface area (Å²) in [6.07, 6.45) is 0.771. The summed E-state index contributed by atoms with van der Waals surface area (Å²) in [6, 6.07) is 0. The first-order valence-electron chi connectivity index (χ1n) is 5.08. The molecule has 14 heavy (non-hydrogen) atoms. The number of hydrogen-bond donors (Lipinski definition) is 1. The van der Waals surface area contributed by atoms with Gasteiger partial charge in [0.15, 0.2) is 0 Å². The van der Waals surface area contributed by atoms with Gasteiger partial charge >= 0.3 is 5.97 Å². The number of carboxylic acid groups (broad SMARTS) is 1. The average Bonchev–Trinajstić information content (AvgIpc) is 2.68. The lowest BCUT2D eigenvalue weighted by atomic mass is 10.1. The molecule has 2 fully saturated rings. The van der Waals surface area contributed by atoms with Crippen LogP contribution in [0.15, 0.2) is 0 Å². The number of hydrogen-bond acceptors (Lipinski definition) is 4. The first kappa shape index (κ1) is 9.89. The fourth-order valence-corrected chi connectivity index (χ4v) is 2.04. The van der Waals surface area contributed by atoms with Crippen molar-refractivity contribution in [3.05, 3.63) is 0 Å². The van der Waals surface area contributed by atoms with Gasteiger partial charge in [-0.15, -0.1) is 0 Å². The van der Waals surface area contributed by atoms with Crippen molar-refractivity contribution in [3.8, 4) is 0 Å². The van der Waals surface area contributed by atoms with Crippen molar-refractivity contribution in [1.82, 2.24) is 10.0 Å². The number of carboxylic acids is 1. The van der Waals surface area contributed by atoms with E-state index in [9.17, 15) is 4.79 Å². The van der Waals surface area contributed by atoms with Crippen LogP contribution in [0.1, 0.15) is 6.42 Å². The van der Waals surface area contributed by atoms with Crippen LogP contribution >= 0.6 is 0 Å². The third-order valence-electron chi connectivity index (χ3n) is 2.90. The summed E-state index contributed by atoms with van der Waals surface area (Å²) in [5.74, 6) is -0.849. The topological polar surface area (TPSA) is 53.0 Å². The van der Waals surface area contributed by atoms with Crippen molar-refractivity contribution in [2.75, 3.05) is 39.4 Å². The third-order valence-corrected chi connectivity index (χ3v) is 2.90. The Hall–Kier alpha value is -0.650. The van der Waals surface area contributed by atoms with Crippen molar-refractivity contribution < 1.29 is 14.6 Å². The Labute approximate surface area is 83.2 Å². The van der Waals surface area contributed by atoms with Gasteiger partial charge in [0.1, 0.15) is 0 Å². The summed E-state index contributed by atoms with van der Waals surface area (Å²) in [7, 11) is 0. The van der Waals surface area contributed by atoms with Crippen molar-refractivity contribution in [3.63, 3.8) is 0 Å². The zero-order valence-electron chi connectivity index (χ0n) is 8.19. The summed E-state index contributed by atoms with van der Waals surface area (Å²) in [4.78, 5) is 10.8. The molecule has 5 heteroatoms. The van der Waals surface area contributed by atoms with Gasteiger partial charge in [-0.3, -0.25) is 4.79 Å². The van der Waals surface area contributed by atoms with E-state index in [4.69, 9.17) is 9.84 Å². The van der Waals surface area contributed by atoms with E-state index in [2.05, 4.69) is 10.0 Å². The zero-order chi connectivity index (χ0) is 9.97. The van der Waals surface area contributed by atoms with E-state index in [1.165, 1.54) is 0 Å². The molecule has 0 bridgehead atoms. The van der Waals surface area contributed by atoms with Crippen LogP contribution in [0.3, 0.4) is 0 Å². The van der Waals surface area contributed by atoms with Gasteiger partial charge < -0.3 is 9.84 Å². The maximum absolute atomic E-state index is 10.8. The molecule has 0 aliphatic carbocycles. The predicted molar refractivity (Wildman–Crippen MR) is 49.7 cm³/mol. The second-order valence-electron chi connectivity index (χ2n) is 3.80. The SMILES string of the molecule is O=C(O)C1CCN(N2CCOCC2)C1. The first-order chi connectivity index (χ1) is 6.77. The lowest BCUT2D eigenvalue weighted by molar-refractivity contribution is -0.142. The molecule has 2 heterocycles. The summed E-state index contributed by atoms with van der Waals surface area (Å²) in [5.41, 5.74) is 0. The van der Waals surface area contributed by atoms with Gasteiger partial charge in [-0.05, 0) is 6.42 Å². The summed E-state index contributed by atoms with van der Waals surface area (Å²) in [5, 5.41) is 13.2. The maximum Gasteiger partial charge on any atom is 0.307 e. The van der Waals surface area contributed by atoms with Gasteiger partial charge in [-0.2, -0.15) is 0 Å². The Morgan fingerprint density at radius 3 is 2.50 bits per heavy atom. The molecule has 2 aliphatic rings. The van der Waals surface area contributed by atoms with Crippen LogP contribution in [0.4, 0.5) is 0 Å². The highest BCUT2D eigenvalue weighted by Gasteiger charge is 2.31. The molecular formula is C9H16N2O3. The molecule has 2 rings (SSSR count). The molecule has 80 valence electrons. The van der Waals surface area contributed by atoms with Gasteiger partial charge in [-0.1, -0.05) is 0 Å². The fraction of sp³-hybridized carbons (Fsp3) is 0.889. The molecular weight excluding hydrogens is 184 g/mol. The lowest BCUT2D eigenvalue weighted by Crippen LogP contribution is -2.47. The van der Waals surface area contributed by atoms with Crippen molar-refractivity contribution in [1.29, 1.82) is 0 Å². The molecule has 1 N–H and O–H groups in total. The van der Waals surface area contributed by atoms with E-state index >= 15 is 0 Å². The Bertz CT molecular complexity index is 216. The number of carbonyl (C=O) groups is 1. The molecule has 0 aromatic rings. The highest BCUT2D eigenvalue weighted by atomic mass is 16.5.